The van der Waals surface area contributed by atoms with Crippen molar-refractivity contribution < 1.29 is 0 Å². The summed E-state index contributed by atoms with van der Waals surface area (Å²) >= 11 is 0. The molecule has 1 unspecified atom stereocenters. The highest BCUT2D eigenvalue weighted by Crippen LogP contribution is 2.45. The van der Waals surface area contributed by atoms with Gasteiger partial charge in [0.2, 0.25) is 0 Å². The largest absolute Gasteiger partial charge is 0.269 e. The molecule has 2 aliphatic rings. The molecule has 0 amide bonds. The Bertz CT molecular complexity index is 149. The lowest BCUT2D eigenvalue weighted by Gasteiger charge is -2.41. The molecular weight excluding hydrogens is 148 g/mol. The van der Waals surface area contributed by atoms with Crippen molar-refractivity contribution >= 4 is 0 Å². The Morgan fingerprint density at radius 2 is 2.00 bits per heavy atom. The molecule has 1 heterocycles. The summed E-state index contributed by atoms with van der Waals surface area (Å²) in [6, 6.07) is 0. The first kappa shape index (κ1) is 8.52. The Kier molecular flexibility index (Phi) is 2.13. The van der Waals surface area contributed by atoms with Crippen molar-refractivity contribution in [3.63, 3.8) is 0 Å². The fourth-order valence-corrected chi connectivity index (χ4v) is 3.25. The van der Waals surface area contributed by atoms with Gasteiger partial charge in [-0.05, 0) is 30.6 Å². The minimum Gasteiger partial charge on any atom is -0.269 e. The third kappa shape index (κ3) is 1.50. The highest BCUT2D eigenvalue weighted by atomic mass is 15.4. The summed E-state index contributed by atoms with van der Waals surface area (Å²) in [5.74, 6) is 6.72. The van der Waals surface area contributed by atoms with Gasteiger partial charge in [0.1, 0.15) is 0 Å². The van der Waals surface area contributed by atoms with Crippen LogP contribution in [0.25, 0.3) is 0 Å². The van der Waals surface area contributed by atoms with Gasteiger partial charge in [-0.15, -0.1) is 0 Å². The lowest BCUT2D eigenvalue weighted by molar-refractivity contribution is 0.0584. The normalized spacial score (nSPS) is 36.0. The van der Waals surface area contributed by atoms with Gasteiger partial charge >= 0.3 is 0 Å². The highest BCUT2D eigenvalue weighted by Gasteiger charge is 2.39. The Hall–Kier alpha value is -0.0800. The quantitative estimate of drug-likeness (QED) is 0.558. The van der Waals surface area contributed by atoms with Gasteiger partial charge in [0.05, 0.1) is 0 Å². The molecule has 1 aliphatic heterocycles. The summed E-state index contributed by atoms with van der Waals surface area (Å²) in [5, 5.41) is 2.04. The third-order valence-corrected chi connectivity index (χ3v) is 3.53. The molecule has 2 rings (SSSR count). The van der Waals surface area contributed by atoms with Crippen molar-refractivity contribution in [3.05, 3.63) is 0 Å². The molecule has 2 heteroatoms. The van der Waals surface area contributed by atoms with E-state index in [9.17, 15) is 0 Å². The van der Waals surface area contributed by atoms with E-state index in [0.717, 1.165) is 19.0 Å². The summed E-state index contributed by atoms with van der Waals surface area (Å²) in [5.41, 5.74) is 0.617. The molecule has 0 aromatic rings. The highest BCUT2D eigenvalue weighted by molar-refractivity contribution is 4.91. The predicted octanol–water partition coefficient (Wildman–Crippen LogP) is 1.76. The van der Waals surface area contributed by atoms with Crippen LogP contribution in [0.3, 0.4) is 0 Å². The molecule has 70 valence electrons. The number of piperidine rings is 1. The summed E-state index contributed by atoms with van der Waals surface area (Å²) in [6.45, 7) is 4.58. The molecule has 2 N–H and O–H groups in total. The second kappa shape index (κ2) is 3.00. The summed E-state index contributed by atoms with van der Waals surface area (Å²) in [6.07, 6.45) is 7.12. The van der Waals surface area contributed by atoms with Crippen LogP contribution in [0.2, 0.25) is 0 Å². The first-order chi connectivity index (χ1) is 5.70. The van der Waals surface area contributed by atoms with Crippen molar-refractivity contribution in [2.75, 3.05) is 13.1 Å². The van der Waals surface area contributed by atoms with Crippen LogP contribution < -0.4 is 5.84 Å². The Labute approximate surface area is 75.1 Å². The van der Waals surface area contributed by atoms with Crippen LogP contribution in [0.15, 0.2) is 0 Å². The number of hydrogen-bond donors (Lipinski definition) is 1. The van der Waals surface area contributed by atoms with E-state index in [1.54, 1.807) is 0 Å². The predicted molar refractivity (Wildman–Crippen MR) is 50.4 cm³/mol. The Morgan fingerprint density at radius 3 is 2.58 bits per heavy atom. The Morgan fingerprint density at radius 1 is 1.33 bits per heavy atom. The fourth-order valence-electron chi connectivity index (χ4n) is 3.25. The smallest absolute Gasteiger partial charge is 0.0185 e. The van der Waals surface area contributed by atoms with Gasteiger partial charge in [-0.25, -0.2) is 5.01 Å². The van der Waals surface area contributed by atoms with E-state index >= 15 is 0 Å². The molecule has 0 aromatic heterocycles. The van der Waals surface area contributed by atoms with Gasteiger partial charge < -0.3 is 0 Å². The molecule has 1 saturated carbocycles. The van der Waals surface area contributed by atoms with Crippen LogP contribution in [-0.4, -0.2) is 18.1 Å². The van der Waals surface area contributed by atoms with E-state index in [2.05, 4.69) is 6.92 Å². The second-order valence-electron chi connectivity index (χ2n) is 4.95. The molecule has 0 radical (unpaired) electrons. The zero-order valence-electron chi connectivity index (χ0n) is 8.05. The maximum absolute atomic E-state index is 5.91. The monoisotopic (exact) mass is 168 g/mol. The van der Waals surface area contributed by atoms with E-state index < -0.39 is 0 Å². The van der Waals surface area contributed by atoms with E-state index in [1.807, 2.05) is 5.01 Å². The minimum atomic E-state index is 0.617. The zero-order chi connectivity index (χ0) is 8.60. The summed E-state index contributed by atoms with van der Waals surface area (Å²) in [7, 11) is 0. The van der Waals surface area contributed by atoms with Crippen LogP contribution >= 0.6 is 0 Å². The summed E-state index contributed by atoms with van der Waals surface area (Å²) < 4.78 is 0. The zero-order valence-corrected chi connectivity index (χ0v) is 8.05. The van der Waals surface area contributed by atoms with E-state index in [0.29, 0.717) is 5.41 Å². The third-order valence-electron chi connectivity index (χ3n) is 3.53. The van der Waals surface area contributed by atoms with E-state index in [-0.39, 0.29) is 0 Å². The first-order valence-electron chi connectivity index (χ1n) is 5.20. The molecule has 1 saturated heterocycles. The number of nitrogens with zero attached hydrogens (tertiary/aromatic N) is 1. The number of rotatable bonds is 0. The maximum atomic E-state index is 5.91. The topological polar surface area (TPSA) is 29.3 Å². The standard InChI is InChI=1S/C10H20N2/c1-9-6-10(4-2-3-5-10)8-12(11)7-9/h9H,2-8,11H2,1H3. The van der Waals surface area contributed by atoms with Crippen molar-refractivity contribution in [1.29, 1.82) is 0 Å². The average Bonchev–Trinajstić information content (AvgIpc) is 2.33. The van der Waals surface area contributed by atoms with Gasteiger partial charge in [0.15, 0.2) is 0 Å². The van der Waals surface area contributed by atoms with E-state index in [1.165, 1.54) is 32.1 Å². The molecular formula is C10H20N2. The summed E-state index contributed by atoms with van der Waals surface area (Å²) in [4.78, 5) is 0. The number of nitrogens with two attached hydrogens (primary N) is 1. The van der Waals surface area contributed by atoms with Gasteiger partial charge in [0, 0.05) is 13.1 Å². The molecule has 1 atom stereocenters. The van der Waals surface area contributed by atoms with Crippen LogP contribution in [0.5, 0.6) is 0 Å². The van der Waals surface area contributed by atoms with Crippen LogP contribution in [0, 0.1) is 11.3 Å². The minimum absolute atomic E-state index is 0.617. The van der Waals surface area contributed by atoms with Crippen molar-refractivity contribution in [1.82, 2.24) is 5.01 Å². The van der Waals surface area contributed by atoms with Crippen LogP contribution in [0.4, 0.5) is 0 Å². The molecule has 0 bridgehead atoms. The van der Waals surface area contributed by atoms with Gasteiger partial charge in [0.25, 0.3) is 0 Å². The van der Waals surface area contributed by atoms with E-state index in [4.69, 9.17) is 5.84 Å². The van der Waals surface area contributed by atoms with Crippen molar-refractivity contribution in [2.24, 2.45) is 17.2 Å². The average molecular weight is 168 g/mol. The molecule has 1 aliphatic carbocycles. The van der Waals surface area contributed by atoms with Gasteiger partial charge in [-0.3, -0.25) is 5.84 Å². The molecule has 2 fully saturated rings. The van der Waals surface area contributed by atoms with Gasteiger partial charge in [-0.2, -0.15) is 0 Å². The molecule has 0 aromatic carbocycles. The molecule has 1 spiro atoms. The van der Waals surface area contributed by atoms with Crippen LogP contribution in [-0.2, 0) is 0 Å². The number of hydrogen-bond acceptors (Lipinski definition) is 2. The molecule has 2 nitrogen and oxygen atoms in total. The van der Waals surface area contributed by atoms with Crippen molar-refractivity contribution in [2.45, 2.75) is 39.0 Å². The first-order valence-corrected chi connectivity index (χ1v) is 5.20. The number of hydrazine groups is 1. The van der Waals surface area contributed by atoms with Crippen LogP contribution in [0.1, 0.15) is 39.0 Å². The lowest BCUT2D eigenvalue weighted by Crippen LogP contribution is -2.48. The van der Waals surface area contributed by atoms with Crippen molar-refractivity contribution in [3.8, 4) is 0 Å². The van der Waals surface area contributed by atoms with Gasteiger partial charge in [-0.1, -0.05) is 19.8 Å². The maximum Gasteiger partial charge on any atom is 0.0185 e. The fraction of sp³-hybridized carbons (Fsp3) is 1.00. The second-order valence-corrected chi connectivity index (χ2v) is 4.95. The SMILES string of the molecule is CC1CN(N)CC2(CCCC2)C1. The Balaban J connectivity index is 2.04. The molecule has 12 heavy (non-hydrogen) atoms. The lowest BCUT2D eigenvalue weighted by atomic mass is 9.75.